The fraction of sp³-hybridized carbons (Fsp3) is 0.412. The molecule has 0 bridgehead atoms. The van der Waals surface area contributed by atoms with E-state index in [0.29, 0.717) is 24.0 Å². The van der Waals surface area contributed by atoms with E-state index in [-0.39, 0.29) is 22.4 Å². The van der Waals surface area contributed by atoms with Crippen molar-refractivity contribution in [3.05, 3.63) is 107 Å². The Morgan fingerprint density at radius 3 is 1.14 bits per heavy atom. The highest BCUT2D eigenvalue weighted by Gasteiger charge is 2.42. The molecule has 3 aromatic rings. The molecule has 190 valence electrons. The Hall–Kier alpha value is -3.00. The van der Waals surface area contributed by atoms with Gasteiger partial charge in [-0.3, -0.25) is 9.59 Å². The maximum atomic E-state index is 14.0. The molecule has 36 heavy (non-hydrogen) atoms. The van der Waals surface area contributed by atoms with Gasteiger partial charge < -0.3 is 0 Å². The standard InChI is InChI=1S/C34H42O2/c1-31(2,3)23-33(7,29(35)25-16-11-9-12-17-25)27-20-15-21-28(22-27)34(8,24-32(4,5)6)30(36)26-18-13-10-14-19-26/h9-22H,23-24H2,1-8H3. The number of Topliss-reactive ketones (excluding diaryl/α,β-unsaturated/α-hetero) is 2. The summed E-state index contributed by atoms with van der Waals surface area (Å²) in [7, 11) is 0. The Morgan fingerprint density at radius 1 is 0.500 bits per heavy atom. The number of hydrogen-bond acceptors (Lipinski definition) is 2. The summed E-state index contributed by atoms with van der Waals surface area (Å²) >= 11 is 0. The van der Waals surface area contributed by atoms with Crippen molar-refractivity contribution >= 4 is 11.6 Å². The second-order valence-corrected chi connectivity index (χ2v) is 13.1. The van der Waals surface area contributed by atoms with Crippen molar-refractivity contribution in [2.24, 2.45) is 10.8 Å². The lowest BCUT2D eigenvalue weighted by atomic mass is 9.64. The molecule has 0 saturated carbocycles. The van der Waals surface area contributed by atoms with Crippen molar-refractivity contribution in [3.63, 3.8) is 0 Å². The van der Waals surface area contributed by atoms with E-state index in [9.17, 15) is 9.59 Å². The monoisotopic (exact) mass is 482 g/mol. The molecule has 2 atom stereocenters. The second kappa shape index (κ2) is 10.2. The second-order valence-electron chi connectivity index (χ2n) is 13.1. The summed E-state index contributed by atoms with van der Waals surface area (Å²) in [4.78, 5) is 28.0. The lowest BCUT2D eigenvalue weighted by molar-refractivity contribution is 0.0849. The molecule has 3 aromatic carbocycles. The van der Waals surface area contributed by atoms with E-state index in [1.165, 1.54) is 0 Å². The highest BCUT2D eigenvalue weighted by Crippen LogP contribution is 2.43. The molecule has 0 aromatic heterocycles. The maximum Gasteiger partial charge on any atom is 0.173 e. The lowest BCUT2D eigenvalue weighted by Gasteiger charge is -2.38. The van der Waals surface area contributed by atoms with Gasteiger partial charge in [0.15, 0.2) is 11.6 Å². The van der Waals surface area contributed by atoms with E-state index >= 15 is 0 Å². The molecule has 0 radical (unpaired) electrons. The largest absolute Gasteiger partial charge is 0.293 e. The van der Waals surface area contributed by atoms with Crippen LogP contribution in [0.15, 0.2) is 84.9 Å². The number of benzene rings is 3. The van der Waals surface area contributed by atoms with Crippen molar-refractivity contribution < 1.29 is 9.59 Å². The molecule has 0 spiro atoms. The van der Waals surface area contributed by atoms with Crippen molar-refractivity contribution in [3.8, 4) is 0 Å². The van der Waals surface area contributed by atoms with Crippen molar-refractivity contribution in [2.45, 2.75) is 79.1 Å². The summed E-state index contributed by atoms with van der Waals surface area (Å²) in [5.74, 6) is 0.226. The molecule has 0 aliphatic rings. The molecule has 0 N–H and O–H groups in total. The number of hydrogen-bond donors (Lipinski definition) is 0. The number of carbonyl (C=O) groups is 2. The Balaban J connectivity index is 2.19. The van der Waals surface area contributed by atoms with E-state index in [1.807, 2.05) is 66.7 Å². The predicted octanol–water partition coefficient (Wildman–Crippen LogP) is 8.84. The molecule has 0 aliphatic heterocycles. The molecule has 2 unspecified atom stereocenters. The van der Waals surface area contributed by atoms with Crippen molar-refractivity contribution in [2.75, 3.05) is 0 Å². The van der Waals surface area contributed by atoms with E-state index in [2.05, 4.69) is 73.6 Å². The van der Waals surface area contributed by atoms with E-state index in [4.69, 9.17) is 0 Å². The van der Waals surface area contributed by atoms with Crippen molar-refractivity contribution in [1.82, 2.24) is 0 Å². The summed E-state index contributed by atoms with van der Waals surface area (Å²) in [6, 6.07) is 27.4. The normalized spacial score (nSPS) is 15.6. The highest BCUT2D eigenvalue weighted by molar-refractivity contribution is 6.05. The smallest absolute Gasteiger partial charge is 0.173 e. The predicted molar refractivity (Wildman–Crippen MR) is 151 cm³/mol. The van der Waals surface area contributed by atoms with Crippen molar-refractivity contribution in [1.29, 1.82) is 0 Å². The number of rotatable bonds is 8. The highest BCUT2D eigenvalue weighted by atomic mass is 16.1. The van der Waals surface area contributed by atoms with Crippen LogP contribution >= 0.6 is 0 Å². The summed E-state index contributed by atoms with van der Waals surface area (Å²) in [5.41, 5.74) is 1.77. The first-order chi connectivity index (χ1) is 16.7. The lowest BCUT2D eigenvalue weighted by Crippen LogP contribution is -2.39. The van der Waals surface area contributed by atoms with Gasteiger partial charge >= 0.3 is 0 Å². The molecule has 0 amide bonds. The molecule has 2 heteroatoms. The van der Waals surface area contributed by atoms with Crippen LogP contribution in [0.2, 0.25) is 0 Å². The van der Waals surface area contributed by atoms with Crippen LogP contribution < -0.4 is 0 Å². The average Bonchev–Trinajstić information content (AvgIpc) is 2.82. The third-order valence-corrected chi connectivity index (χ3v) is 6.98. The van der Waals surface area contributed by atoms with Crippen LogP contribution in [0.4, 0.5) is 0 Å². The summed E-state index contributed by atoms with van der Waals surface area (Å²) in [6.07, 6.45) is 1.39. The van der Waals surface area contributed by atoms with Gasteiger partial charge in [0.25, 0.3) is 0 Å². The van der Waals surface area contributed by atoms with Crippen LogP contribution in [0.25, 0.3) is 0 Å². The number of ketones is 2. The zero-order valence-corrected chi connectivity index (χ0v) is 23.3. The Kier molecular flexibility index (Phi) is 7.79. The Labute approximate surface area is 218 Å². The Bertz CT molecular complexity index is 1100. The third-order valence-electron chi connectivity index (χ3n) is 6.98. The van der Waals surface area contributed by atoms with Gasteiger partial charge in [0, 0.05) is 11.1 Å². The first-order valence-electron chi connectivity index (χ1n) is 13.0. The molecular weight excluding hydrogens is 440 g/mol. The maximum absolute atomic E-state index is 14.0. The van der Waals surface area contributed by atoms with Gasteiger partial charge in [-0.15, -0.1) is 0 Å². The van der Waals surface area contributed by atoms with Crippen LogP contribution in [0, 0.1) is 10.8 Å². The van der Waals surface area contributed by atoms with E-state index < -0.39 is 10.8 Å². The van der Waals surface area contributed by atoms with Crippen LogP contribution in [-0.4, -0.2) is 11.6 Å². The van der Waals surface area contributed by atoms with Gasteiger partial charge in [-0.2, -0.15) is 0 Å². The average molecular weight is 483 g/mol. The Morgan fingerprint density at radius 2 is 0.833 bits per heavy atom. The van der Waals surface area contributed by atoms with Gasteiger partial charge in [0.1, 0.15) is 0 Å². The van der Waals surface area contributed by atoms with E-state index in [0.717, 1.165) is 11.1 Å². The minimum Gasteiger partial charge on any atom is -0.293 e. The fourth-order valence-corrected chi connectivity index (χ4v) is 5.77. The minimum absolute atomic E-state index is 0.0657. The number of carbonyl (C=O) groups excluding carboxylic acids is 2. The topological polar surface area (TPSA) is 34.1 Å². The summed E-state index contributed by atoms with van der Waals surface area (Å²) in [5, 5.41) is 0. The molecule has 0 fully saturated rings. The summed E-state index contributed by atoms with van der Waals surface area (Å²) < 4.78 is 0. The van der Waals surface area contributed by atoms with Crippen LogP contribution in [-0.2, 0) is 10.8 Å². The molecule has 0 saturated heterocycles. The van der Waals surface area contributed by atoms with Gasteiger partial charge in [-0.05, 0) is 48.6 Å². The van der Waals surface area contributed by atoms with Gasteiger partial charge in [-0.1, -0.05) is 126 Å². The molecule has 0 heterocycles. The minimum atomic E-state index is -0.728. The zero-order chi connectivity index (χ0) is 26.8. The SMILES string of the molecule is CC(C)(C)CC(C)(C(=O)c1ccccc1)c1cccc(C(C)(CC(C)(C)C)C(=O)c2ccccc2)c1. The first-order valence-corrected chi connectivity index (χ1v) is 13.0. The van der Waals surface area contributed by atoms with Crippen LogP contribution in [0.1, 0.15) is 100 Å². The first kappa shape index (κ1) is 27.6. The molecule has 2 nitrogen and oxygen atoms in total. The molecule has 0 aliphatic carbocycles. The molecule has 3 rings (SSSR count). The van der Waals surface area contributed by atoms with Crippen LogP contribution in [0.5, 0.6) is 0 Å². The quantitative estimate of drug-likeness (QED) is 0.300. The van der Waals surface area contributed by atoms with Gasteiger partial charge in [0.05, 0.1) is 10.8 Å². The van der Waals surface area contributed by atoms with Crippen LogP contribution in [0.3, 0.4) is 0 Å². The molecular formula is C34H42O2. The third kappa shape index (κ3) is 6.22. The van der Waals surface area contributed by atoms with E-state index in [1.54, 1.807) is 0 Å². The van der Waals surface area contributed by atoms with Gasteiger partial charge in [0.2, 0.25) is 0 Å². The van der Waals surface area contributed by atoms with Gasteiger partial charge in [-0.25, -0.2) is 0 Å². The summed E-state index contributed by atoms with van der Waals surface area (Å²) in [6.45, 7) is 17.2. The zero-order valence-electron chi connectivity index (χ0n) is 23.3. The fourth-order valence-electron chi connectivity index (χ4n) is 5.77.